The fourth-order valence-corrected chi connectivity index (χ4v) is 3.81. The summed E-state index contributed by atoms with van der Waals surface area (Å²) < 4.78 is 6.02. The Morgan fingerprint density at radius 3 is 2.66 bits per heavy atom. The zero-order valence-electron chi connectivity index (χ0n) is 17.7. The average Bonchev–Trinajstić information content (AvgIpc) is 3.25. The third kappa shape index (κ3) is 3.97. The fraction of sp³-hybridized carbons (Fsp3) is 0.0714. The highest BCUT2D eigenvalue weighted by molar-refractivity contribution is 5.90. The third-order valence-corrected chi connectivity index (χ3v) is 5.48. The zero-order chi connectivity index (χ0) is 21.9. The molecule has 0 saturated carbocycles. The van der Waals surface area contributed by atoms with Crippen LogP contribution in [0, 0.1) is 18.3 Å². The summed E-state index contributed by atoms with van der Waals surface area (Å²) in [6, 6.07) is 30.6. The van der Waals surface area contributed by atoms with Crippen LogP contribution >= 0.6 is 0 Å². The maximum Gasteiger partial charge on any atom is 0.149 e. The van der Waals surface area contributed by atoms with Crippen LogP contribution in [0.5, 0.6) is 5.75 Å². The number of benzene rings is 4. The SMILES string of the molecule is Cc1ccc2nc(C(C#N)=Cc3ccc(OCc4cccc5ccccc45)cc3)[nH]c2c1. The summed E-state index contributed by atoms with van der Waals surface area (Å²) in [5.41, 5.74) is 5.48. The van der Waals surface area contributed by atoms with Crippen molar-refractivity contribution < 1.29 is 4.74 Å². The highest BCUT2D eigenvalue weighted by Crippen LogP contribution is 2.23. The van der Waals surface area contributed by atoms with Gasteiger partial charge < -0.3 is 9.72 Å². The van der Waals surface area contributed by atoms with Crippen molar-refractivity contribution >= 4 is 33.5 Å². The molecule has 154 valence electrons. The molecule has 4 aromatic carbocycles. The molecular weight excluding hydrogens is 394 g/mol. The number of H-pyrrole nitrogens is 1. The summed E-state index contributed by atoms with van der Waals surface area (Å²) >= 11 is 0. The predicted molar refractivity (Wildman–Crippen MR) is 129 cm³/mol. The number of allylic oxidation sites excluding steroid dienone is 1. The van der Waals surface area contributed by atoms with Crippen molar-refractivity contribution in [3.05, 3.63) is 107 Å². The van der Waals surface area contributed by atoms with Crippen LogP contribution in [0.2, 0.25) is 0 Å². The molecule has 5 aromatic rings. The fourth-order valence-electron chi connectivity index (χ4n) is 3.81. The van der Waals surface area contributed by atoms with E-state index in [1.165, 1.54) is 10.8 Å². The molecule has 0 radical (unpaired) electrons. The molecule has 0 spiro atoms. The second-order valence-electron chi connectivity index (χ2n) is 7.77. The number of nitriles is 1. The standard InChI is InChI=1S/C28H21N3O/c1-19-9-14-26-27(15-19)31-28(30-26)23(17-29)16-20-10-12-24(13-11-20)32-18-22-7-4-6-21-5-2-3-8-25(21)22/h2-16H,18H2,1H3,(H,30,31). The second-order valence-corrected chi connectivity index (χ2v) is 7.77. The Balaban J connectivity index is 1.34. The van der Waals surface area contributed by atoms with E-state index in [0.29, 0.717) is 18.0 Å². The van der Waals surface area contributed by atoms with Gasteiger partial charge in [-0.25, -0.2) is 4.98 Å². The topological polar surface area (TPSA) is 61.7 Å². The van der Waals surface area contributed by atoms with Crippen LogP contribution < -0.4 is 4.74 Å². The first kappa shape index (κ1) is 19.6. The Labute approximate surface area is 186 Å². The van der Waals surface area contributed by atoms with Crippen molar-refractivity contribution in [1.29, 1.82) is 5.26 Å². The molecule has 0 saturated heterocycles. The Kier molecular flexibility index (Phi) is 5.15. The van der Waals surface area contributed by atoms with E-state index in [-0.39, 0.29) is 0 Å². The monoisotopic (exact) mass is 415 g/mol. The van der Waals surface area contributed by atoms with Gasteiger partial charge in [0.1, 0.15) is 24.3 Å². The van der Waals surface area contributed by atoms with E-state index in [0.717, 1.165) is 33.5 Å². The summed E-state index contributed by atoms with van der Waals surface area (Å²) in [7, 11) is 0. The van der Waals surface area contributed by atoms with Crippen molar-refractivity contribution in [3.63, 3.8) is 0 Å². The van der Waals surface area contributed by atoms with Gasteiger partial charge in [-0.3, -0.25) is 0 Å². The van der Waals surface area contributed by atoms with E-state index >= 15 is 0 Å². The van der Waals surface area contributed by atoms with Crippen molar-refractivity contribution in [2.75, 3.05) is 0 Å². The number of hydrogen-bond donors (Lipinski definition) is 1. The van der Waals surface area contributed by atoms with Crippen molar-refractivity contribution in [3.8, 4) is 11.8 Å². The van der Waals surface area contributed by atoms with Gasteiger partial charge >= 0.3 is 0 Å². The van der Waals surface area contributed by atoms with Crippen LogP contribution in [-0.4, -0.2) is 9.97 Å². The van der Waals surface area contributed by atoms with Gasteiger partial charge in [0.15, 0.2) is 0 Å². The smallest absolute Gasteiger partial charge is 0.149 e. The van der Waals surface area contributed by atoms with Crippen LogP contribution in [-0.2, 0) is 6.61 Å². The van der Waals surface area contributed by atoms with Gasteiger partial charge in [-0.1, -0.05) is 60.7 Å². The van der Waals surface area contributed by atoms with Gasteiger partial charge in [0, 0.05) is 0 Å². The van der Waals surface area contributed by atoms with Crippen LogP contribution in [0.3, 0.4) is 0 Å². The molecule has 1 N–H and O–H groups in total. The Hall–Kier alpha value is -4.36. The van der Waals surface area contributed by atoms with Crippen molar-refractivity contribution in [1.82, 2.24) is 9.97 Å². The number of hydrogen-bond acceptors (Lipinski definition) is 3. The van der Waals surface area contributed by atoms with Gasteiger partial charge in [0.25, 0.3) is 0 Å². The lowest BCUT2D eigenvalue weighted by Gasteiger charge is -2.09. The Morgan fingerprint density at radius 2 is 1.81 bits per heavy atom. The number of rotatable bonds is 5. The molecule has 0 aliphatic carbocycles. The van der Waals surface area contributed by atoms with Gasteiger partial charge in [0.05, 0.1) is 16.6 Å². The largest absolute Gasteiger partial charge is 0.489 e. The molecule has 0 atom stereocenters. The third-order valence-electron chi connectivity index (χ3n) is 5.48. The van der Waals surface area contributed by atoms with Crippen LogP contribution in [0.25, 0.3) is 33.5 Å². The van der Waals surface area contributed by atoms with Crippen LogP contribution in [0.4, 0.5) is 0 Å². The maximum atomic E-state index is 9.67. The minimum absolute atomic E-state index is 0.489. The minimum atomic E-state index is 0.489. The highest BCUT2D eigenvalue weighted by Gasteiger charge is 2.08. The first-order valence-corrected chi connectivity index (χ1v) is 10.5. The number of aromatic nitrogens is 2. The lowest BCUT2D eigenvalue weighted by atomic mass is 10.1. The number of aryl methyl sites for hydroxylation is 1. The van der Waals surface area contributed by atoms with E-state index in [2.05, 4.69) is 46.4 Å². The lowest BCUT2D eigenvalue weighted by molar-refractivity contribution is 0.307. The average molecular weight is 415 g/mol. The number of fused-ring (bicyclic) bond motifs is 2. The van der Waals surface area contributed by atoms with E-state index in [9.17, 15) is 5.26 Å². The van der Waals surface area contributed by atoms with E-state index < -0.39 is 0 Å². The first-order chi connectivity index (χ1) is 15.7. The number of aromatic amines is 1. The second kappa shape index (κ2) is 8.41. The molecule has 1 aromatic heterocycles. The lowest BCUT2D eigenvalue weighted by Crippen LogP contribution is -1.96. The minimum Gasteiger partial charge on any atom is -0.489 e. The first-order valence-electron chi connectivity index (χ1n) is 10.5. The summed E-state index contributed by atoms with van der Waals surface area (Å²) in [5.74, 6) is 1.36. The molecule has 4 nitrogen and oxygen atoms in total. The Morgan fingerprint density at radius 1 is 1.00 bits per heavy atom. The van der Waals surface area contributed by atoms with Crippen molar-refractivity contribution in [2.24, 2.45) is 0 Å². The summed E-state index contributed by atoms with van der Waals surface area (Å²) in [4.78, 5) is 7.80. The summed E-state index contributed by atoms with van der Waals surface area (Å²) in [5, 5.41) is 12.1. The van der Waals surface area contributed by atoms with Crippen LogP contribution in [0.1, 0.15) is 22.5 Å². The van der Waals surface area contributed by atoms with Gasteiger partial charge in [-0.05, 0) is 64.7 Å². The molecule has 5 rings (SSSR count). The number of imidazole rings is 1. The molecule has 0 bridgehead atoms. The van der Waals surface area contributed by atoms with E-state index in [1.807, 2.05) is 67.6 Å². The number of ether oxygens (including phenoxy) is 1. The molecule has 0 aliphatic rings. The molecule has 4 heteroatoms. The molecule has 0 unspecified atom stereocenters. The zero-order valence-corrected chi connectivity index (χ0v) is 17.7. The molecule has 0 fully saturated rings. The summed E-state index contributed by atoms with van der Waals surface area (Å²) in [6.45, 7) is 2.53. The molecule has 0 amide bonds. The highest BCUT2D eigenvalue weighted by atomic mass is 16.5. The van der Waals surface area contributed by atoms with Gasteiger partial charge in [0.2, 0.25) is 0 Å². The predicted octanol–water partition coefficient (Wildman–Crippen LogP) is 6.67. The van der Waals surface area contributed by atoms with E-state index in [1.54, 1.807) is 0 Å². The quantitative estimate of drug-likeness (QED) is 0.326. The normalized spacial score (nSPS) is 11.6. The molecular formula is C28H21N3O. The summed E-state index contributed by atoms with van der Waals surface area (Å²) in [6.07, 6.45) is 1.83. The maximum absolute atomic E-state index is 9.67. The number of nitrogens with zero attached hydrogens (tertiary/aromatic N) is 2. The molecule has 32 heavy (non-hydrogen) atoms. The van der Waals surface area contributed by atoms with Gasteiger partial charge in [-0.15, -0.1) is 0 Å². The number of nitrogens with one attached hydrogen (secondary N) is 1. The molecule has 1 heterocycles. The van der Waals surface area contributed by atoms with Gasteiger partial charge in [-0.2, -0.15) is 5.26 Å². The van der Waals surface area contributed by atoms with Crippen LogP contribution in [0.15, 0.2) is 84.9 Å². The van der Waals surface area contributed by atoms with Crippen molar-refractivity contribution in [2.45, 2.75) is 13.5 Å². The molecule has 0 aliphatic heterocycles. The van der Waals surface area contributed by atoms with E-state index in [4.69, 9.17) is 4.74 Å². The Bertz CT molecular complexity index is 1480.